The van der Waals surface area contributed by atoms with Crippen LogP contribution in [0.15, 0.2) is 18.2 Å². The van der Waals surface area contributed by atoms with Crippen LogP contribution in [0, 0.1) is 5.82 Å². The topological polar surface area (TPSA) is 43.8 Å². The van der Waals surface area contributed by atoms with E-state index in [9.17, 15) is 14.3 Å². The number of rotatable bonds is 4. The van der Waals surface area contributed by atoms with E-state index in [-0.39, 0.29) is 22.9 Å². The van der Waals surface area contributed by atoms with Crippen LogP contribution in [-0.2, 0) is 11.2 Å². The minimum Gasteiger partial charge on any atom is -0.388 e. The average molecular weight is 355 g/mol. The largest absolute Gasteiger partial charge is 0.388 e. The third-order valence-corrected chi connectivity index (χ3v) is 5.51. The first kappa shape index (κ1) is 17.6. The predicted octanol–water partition coefficient (Wildman–Crippen LogP) is 2.47. The highest BCUT2D eigenvalue weighted by Crippen LogP contribution is 2.26. The van der Waals surface area contributed by atoms with E-state index in [0.717, 1.165) is 13.1 Å². The zero-order valence-corrected chi connectivity index (χ0v) is 14.6. The molecule has 0 aliphatic carbocycles. The average Bonchev–Trinajstić information content (AvgIpc) is 3.04. The first-order valence-electron chi connectivity index (χ1n) is 8.62. The quantitative estimate of drug-likeness (QED) is 0.903. The lowest BCUT2D eigenvalue weighted by atomic mass is 9.90. The Bertz CT molecular complexity index is 576. The molecule has 0 unspecified atom stereocenters. The maximum absolute atomic E-state index is 13.8. The van der Waals surface area contributed by atoms with Gasteiger partial charge >= 0.3 is 0 Å². The van der Waals surface area contributed by atoms with Crippen LogP contribution in [0.3, 0.4) is 0 Å². The normalized spacial score (nSPS) is 21.2. The summed E-state index contributed by atoms with van der Waals surface area (Å²) < 4.78 is 13.8. The van der Waals surface area contributed by atoms with Crippen LogP contribution in [0.5, 0.6) is 0 Å². The monoisotopic (exact) mass is 354 g/mol. The molecule has 0 aromatic heterocycles. The van der Waals surface area contributed by atoms with E-state index >= 15 is 0 Å². The van der Waals surface area contributed by atoms with E-state index in [1.54, 1.807) is 11.0 Å². The molecule has 3 rings (SSSR count). The summed E-state index contributed by atoms with van der Waals surface area (Å²) in [7, 11) is 0. The van der Waals surface area contributed by atoms with Gasteiger partial charge in [0.25, 0.3) is 0 Å². The summed E-state index contributed by atoms with van der Waals surface area (Å²) in [4.78, 5) is 16.4. The fourth-order valence-electron chi connectivity index (χ4n) is 3.65. The van der Waals surface area contributed by atoms with Crippen LogP contribution in [0.1, 0.15) is 31.2 Å². The van der Waals surface area contributed by atoms with Gasteiger partial charge in [-0.05, 0) is 50.9 Å². The Balaban J connectivity index is 1.55. The minimum absolute atomic E-state index is 0.0317. The molecule has 1 aromatic rings. The number of piperidine rings is 1. The van der Waals surface area contributed by atoms with Crippen LogP contribution < -0.4 is 0 Å². The second-order valence-corrected chi connectivity index (χ2v) is 7.37. The summed E-state index contributed by atoms with van der Waals surface area (Å²) in [6.07, 6.45) is 3.50. The summed E-state index contributed by atoms with van der Waals surface area (Å²) >= 11 is 6.00. The molecule has 0 atom stereocenters. The summed E-state index contributed by atoms with van der Waals surface area (Å²) in [6, 6.07) is 4.45. The van der Waals surface area contributed by atoms with Gasteiger partial charge in [-0.1, -0.05) is 17.7 Å². The van der Waals surface area contributed by atoms with Gasteiger partial charge in [0.1, 0.15) is 5.82 Å². The number of β-amino-alcohol motifs (C(OH)–C–C–N with tert-alkyl or cyclic N) is 1. The fraction of sp³-hybridized carbons (Fsp3) is 0.611. The first-order chi connectivity index (χ1) is 11.5. The van der Waals surface area contributed by atoms with Gasteiger partial charge in [0.2, 0.25) is 5.91 Å². The zero-order valence-electron chi connectivity index (χ0n) is 13.8. The van der Waals surface area contributed by atoms with Gasteiger partial charge in [0, 0.05) is 30.2 Å². The predicted molar refractivity (Wildman–Crippen MR) is 91.6 cm³/mol. The molecule has 1 aromatic carbocycles. The molecule has 0 saturated carbocycles. The minimum atomic E-state index is -0.712. The second-order valence-electron chi connectivity index (χ2n) is 6.97. The number of likely N-dealkylation sites (tertiary alicyclic amines) is 2. The molecule has 2 aliphatic rings. The van der Waals surface area contributed by atoms with Gasteiger partial charge in [-0.15, -0.1) is 0 Å². The molecule has 2 heterocycles. The van der Waals surface area contributed by atoms with Gasteiger partial charge in [-0.3, -0.25) is 4.79 Å². The number of aliphatic hydroxyl groups is 1. The van der Waals surface area contributed by atoms with Crippen LogP contribution in [0.2, 0.25) is 5.02 Å². The molecule has 4 nitrogen and oxygen atoms in total. The number of carbonyl (C=O) groups is 1. The fourth-order valence-corrected chi connectivity index (χ4v) is 3.88. The lowest BCUT2D eigenvalue weighted by molar-refractivity contribution is -0.135. The van der Waals surface area contributed by atoms with Crippen molar-refractivity contribution in [1.29, 1.82) is 0 Å². The van der Waals surface area contributed by atoms with E-state index < -0.39 is 11.4 Å². The number of halogens is 2. The van der Waals surface area contributed by atoms with Crippen molar-refractivity contribution in [2.75, 3.05) is 32.7 Å². The number of benzene rings is 1. The van der Waals surface area contributed by atoms with Crippen LogP contribution in [-0.4, -0.2) is 59.1 Å². The lowest BCUT2D eigenvalue weighted by Gasteiger charge is -2.40. The van der Waals surface area contributed by atoms with Gasteiger partial charge in [0.05, 0.1) is 12.0 Å². The Labute approximate surface area is 147 Å². The summed E-state index contributed by atoms with van der Waals surface area (Å²) in [5, 5.41) is 11.0. The number of hydrogen-bond donors (Lipinski definition) is 1. The highest BCUT2D eigenvalue weighted by molar-refractivity contribution is 6.31. The van der Waals surface area contributed by atoms with Gasteiger partial charge < -0.3 is 14.9 Å². The summed E-state index contributed by atoms with van der Waals surface area (Å²) in [5.41, 5.74) is -0.460. The molecule has 0 bridgehead atoms. The molecule has 2 saturated heterocycles. The van der Waals surface area contributed by atoms with Gasteiger partial charge in [0.15, 0.2) is 0 Å². The standard InChI is InChI=1S/C18H24ClFN2O2/c19-15-4-3-5-16(20)14(15)12-17(23)22-10-6-18(24,7-11-22)13-21-8-1-2-9-21/h3-5,24H,1-2,6-13H2. The van der Waals surface area contributed by atoms with E-state index in [0.29, 0.717) is 32.5 Å². The lowest BCUT2D eigenvalue weighted by Crippen LogP contribution is -2.52. The molecule has 2 aliphatic heterocycles. The number of hydrogen-bond acceptors (Lipinski definition) is 3. The van der Waals surface area contributed by atoms with Crippen molar-refractivity contribution >= 4 is 17.5 Å². The molecule has 0 radical (unpaired) electrons. The maximum Gasteiger partial charge on any atom is 0.227 e. The van der Waals surface area contributed by atoms with Crippen LogP contribution in [0.4, 0.5) is 4.39 Å². The van der Waals surface area contributed by atoms with Crippen molar-refractivity contribution in [3.8, 4) is 0 Å². The van der Waals surface area contributed by atoms with E-state index in [4.69, 9.17) is 11.6 Å². The highest BCUT2D eigenvalue weighted by atomic mass is 35.5. The SMILES string of the molecule is O=C(Cc1c(F)cccc1Cl)N1CCC(O)(CN2CCCC2)CC1. The third-order valence-electron chi connectivity index (χ3n) is 5.15. The Morgan fingerprint density at radius 1 is 1.21 bits per heavy atom. The Hall–Kier alpha value is -1.17. The number of carbonyl (C=O) groups excluding carboxylic acids is 1. The number of amides is 1. The van der Waals surface area contributed by atoms with E-state index in [2.05, 4.69) is 4.90 Å². The van der Waals surface area contributed by atoms with E-state index in [1.165, 1.54) is 25.0 Å². The molecule has 6 heteroatoms. The summed E-state index contributed by atoms with van der Waals surface area (Å²) in [6.45, 7) is 3.81. The smallest absolute Gasteiger partial charge is 0.227 e. The van der Waals surface area contributed by atoms with Gasteiger partial charge in [-0.25, -0.2) is 4.39 Å². The van der Waals surface area contributed by atoms with Gasteiger partial charge in [-0.2, -0.15) is 0 Å². The molecule has 0 spiro atoms. The van der Waals surface area contributed by atoms with Crippen molar-refractivity contribution in [3.05, 3.63) is 34.6 Å². The van der Waals surface area contributed by atoms with Crippen molar-refractivity contribution in [1.82, 2.24) is 9.80 Å². The van der Waals surface area contributed by atoms with Crippen molar-refractivity contribution in [3.63, 3.8) is 0 Å². The first-order valence-corrected chi connectivity index (χ1v) is 9.00. The van der Waals surface area contributed by atoms with E-state index in [1.807, 2.05) is 0 Å². The van der Waals surface area contributed by atoms with Crippen molar-refractivity contribution < 1.29 is 14.3 Å². The number of nitrogens with zero attached hydrogens (tertiary/aromatic N) is 2. The Kier molecular flexibility index (Phi) is 5.42. The Morgan fingerprint density at radius 2 is 1.88 bits per heavy atom. The molecule has 24 heavy (non-hydrogen) atoms. The highest BCUT2D eigenvalue weighted by Gasteiger charge is 2.36. The third kappa shape index (κ3) is 4.08. The zero-order chi connectivity index (χ0) is 17.2. The van der Waals surface area contributed by atoms with Crippen molar-refractivity contribution in [2.45, 2.75) is 37.7 Å². The molecule has 2 fully saturated rings. The molecular formula is C18H24ClFN2O2. The Morgan fingerprint density at radius 3 is 2.50 bits per heavy atom. The molecule has 1 N–H and O–H groups in total. The van der Waals surface area contributed by atoms with Crippen LogP contribution >= 0.6 is 11.6 Å². The molecular weight excluding hydrogens is 331 g/mol. The molecule has 132 valence electrons. The summed E-state index contributed by atoms with van der Waals surface area (Å²) in [5.74, 6) is -0.580. The maximum atomic E-state index is 13.8. The second kappa shape index (κ2) is 7.38. The molecule has 1 amide bonds. The van der Waals surface area contributed by atoms with Crippen LogP contribution in [0.25, 0.3) is 0 Å². The van der Waals surface area contributed by atoms with Crippen molar-refractivity contribution in [2.24, 2.45) is 0 Å².